The number of amides is 2. The van der Waals surface area contributed by atoms with Gasteiger partial charge in [0.15, 0.2) is 5.03 Å². The average Bonchev–Trinajstić information content (AvgIpc) is 2.40. The number of hydrogen-bond donors (Lipinski definition) is 1. The van der Waals surface area contributed by atoms with Crippen molar-refractivity contribution in [1.29, 1.82) is 0 Å². The van der Waals surface area contributed by atoms with Crippen LogP contribution in [-0.4, -0.2) is 16.0 Å². The number of carbonyl (C=O) groups is 1. The van der Waals surface area contributed by atoms with E-state index in [0.29, 0.717) is 5.01 Å². The van der Waals surface area contributed by atoms with Gasteiger partial charge in [0.25, 0.3) is 0 Å². The zero-order valence-electron chi connectivity index (χ0n) is 9.76. The fourth-order valence-corrected chi connectivity index (χ4v) is 1.45. The van der Waals surface area contributed by atoms with Crippen molar-refractivity contribution in [3.63, 3.8) is 0 Å². The summed E-state index contributed by atoms with van der Waals surface area (Å²) in [7, 11) is 0. The predicted octanol–water partition coefficient (Wildman–Crippen LogP) is 2.31. The van der Waals surface area contributed by atoms with Crippen LogP contribution < -0.4 is 10.3 Å². The fraction of sp³-hybridized carbons (Fsp3) is 0. The van der Waals surface area contributed by atoms with Gasteiger partial charge in [-0.2, -0.15) is 0 Å². The van der Waals surface area contributed by atoms with Crippen LogP contribution in [0.25, 0.3) is 0 Å². The number of nitrogens with zero attached hydrogens (tertiary/aromatic N) is 3. The van der Waals surface area contributed by atoms with Crippen molar-refractivity contribution in [3.05, 3.63) is 64.8 Å². The molecule has 2 aromatic rings. The summed E-state index contributed by atoms with van der Waals surface area (Å²) in [6.45, 7) is 0. The number of pyridine rings is 1. The molecule has 1 heterocycles. The summed E-state index contributed by atoms with van der Waals surface area (Å²) < 4.78 is 0. The maximum Gasteiger partial charge on any atom is 0.386 e. The van der Waals surface area contributed by atoms with Gasteiger partial charge in [-0.25, -0.2) is 19.9 Å². The van der Waals surface area contributed by atoms with Crippen LogP contribution in [0.2, 0.25) is 0 Å². The fourth-order valence-electron chi connectivity index (χ4n) is 1.45. The van der Waals surface area contributed by atoms with Crippen LogP contribution in [0.15, 0.2) is 54.7 Å². The van der Waals surface area contributed by atoms with Crippen molar-refractivity contribution in [2.24, 2.45) is 0 Å². The normalized spacial score (nSPS) is 9.68. The Kier molecular flexibility index (Phi) is 3.67. The lowest BCUT2D eigenvalue weighted by molar-refractivity contribution is -0.481. The number of hydrogen-bond acceptors (Lipinski definition) is 4. The third kappa shape index (κ3) is 3.03. The number of benzene rings is 1. The lowest BCUT2D eigenvalue weighted by Crippen LogP contribution is -2.39. The zero-order chi connectivity index (χ0) is 13.7. The minimum Gasteiger partial charge on any atom is -0.287 e. The van der Waals surface area contributed by atoms with Gasteiger partial charge in [-0.05, 0) is 29.3 Å². The summed E-state index contributed by atoms with van der Waals surface area (Å²) in [5.41, 5.74) is 0.168. The molecule has 0 bridgehead atoms. The van der Waals surface area contributed by atoms with E-state index in [9.17, 15) is 14.9 Å². The molecule has 2 rings (SSSR count). The van der Waals surface area contributed by atoms with Crippen molar-refractivity contribution in [2.75, 3.05) is 10.3 Å². The number of hydrazine groups is 1. The van der Waals surface area contributed by atoms with Gasteiger partial charge in [0.05, 0.1) is 0 Å². The minimum atomic E-state index is -0.880. The number of aromatic nitrogens is 1. The number of anilines is 2. The van der Waals surface area contributed by atoms with Crippen molar-refractivity contribution >= 4 is 17.5 Å². The molecule has 1 aromatic carbocycles. The van der Waals surface area contributed by atoms with E-state index >= 15 is 0 Å². The van der Waals surface area contributed by atoms with Crippen LogP contribution in [0.3, 0.4) is 0 Å². The summed E-state index contributed by atoms with van der Waals surface area (Å²) in [5.74, 6) is 0.246. The first kappa shape index (κ1) is 12.5. The Morgan fingerprint density at radius 3 is 2.42 bits per heavy atom. The van der Waals surface area contributed by atoms with Gasteiger partial charge in [-0.1, -0.05) is 24.3 Å². The molecule has 0 unspecified atom stereocenters. The highest BCUT2D eigenvalue weighted by atomic mass is 16.7. The Labute approximate surface area is 108 Å². The molecule has 1 aromatic heterocycles. The largest absolute Gasteiger partial charge is 0.386 e. The zero-order valence-corrected chi connectivity index (χ0v) is 9.76. The molecular weight excluding hydrogens is 248 g/mol. The van der Waals surface area contributed by atoms with E-state index < -0.39 is 11.1 Å². The Morgan fingerprint density at radius 1 is 1.16 bits per heavy atom. The van der Waals surface area contributed by atoms with E-state index in [1.165, 1.54) is 18.3 Å². The van der Waals surface area contributed by atoms with Gasteiger partial charge in [0.1, 0.15) is 11.5 Å². The van der Waals surface area contributed by atoms with Crippen LogP contribution in [0.4, 0.5) is 16.3 Å². The first-order valence-electron chi connectivity index (χ1n) is 5.40. The summed E-state index contributed by atoms with van der Waals surface area (Å²) in [6, 6.07) is 11.9. The highest BCUT2D eigenvalue weighted by Crippen LogP contribution is 2.14. The molecule has 0 atom stereocenters. The van der Waals surface area contributed by atoms with E-state index in [1.807, 2.05) is 0 Å². The number of rotatable bonds is 3. The van der Waals surface area contributed by atoms with Crippen LogP contribution in [0.5, 0.6) is 0 Å². The van der Waals surface area contributed by atoms with Crippen molar-refractivity contribution in [2.45, 2.75) is 0 Å². The van der Waals surface area contributed by atoms with Crippen molar-refractivity contribution in [1.82, 2.24) is 4.98 Å². The molecule has 7 nitrogen and oxygen atoms in total. The Balaban J connectivity index is 2.21. The molecule has 7 heteroatoms. The molecule has 0 aliphatic rings. The molecule has 0 saturated carbocycles. The molecule has 2 amide bonds. The predicted molar refractivity (Wildman–Crippen MR) is 69.2 cm³/mol. The minimum absolute atomic E-state index is 0.168. The number of carbonyl (C=O) groups excluding carboxylic acids is 1. The summed E-state index contributed by atoms with van der Waals surface area (Å²) in [6.07, 6.45) is 1.48. The van der Waals surface area contributed by atoms with Gasteiger partial charge < -0.3 is 0 Å². The van der Waals surface area contributed by atoms with Crippen LogP contribution in [-0.2, 0) is 0 Å². The summed E-state index contributed by atoms with van der Waals surface area (Å²) in [5, 5.41) is 13.0. The lowest BCUT2D eigenvalue weighted by Gasteiger charge is -2.12. The second-order valence-corrected chi connectivity index (χ2v) is 3.53. The van der Waals surface area contributed by atoms with E-state index in [2.05, 4.69) is 10.3 Å². The van der Waals surface area contributed by atoms with Gasteiger partial charge in [0.2, 0.25) is 0 Å². The average molecular weight is 258 g/mol. The van der Waals surface area contributed by atoms with Gasteiger partial charge in [-0.15, -0.1) is 0 Å². The Morgan fingerprint density at radius 2 is 1.84 bits per heavy atom. The smallest absolute Gasteiger partial charge is 0.287 e. The molecule has 0 aliphatic heterocycles. The van der Waals surface area contributed by atoms with Crippen molar-refractivity contribution in [3.8, 4) is 0 Å². The maximum atomic E-state index is 11.9. The molecular formula is C12H10N4O3. The van der Waals surface area contributed by atoms with Crippen LogP contribution in [0.1, 0.15) is 0 Å². The second kappa shape index (κ2) is 5.58. The van der Waals surface area contributed by atoms with Gasteiger partial charge >= 0.3 is 6.03 Å². The summed E-state index contributed by atoms with van der Waals surface area (Å²) in [4.78, 5) is 26.7. The molecule has 0 radical (unpaired) electrons. The van der Waals surface area contributed by atoms with Crippen molar-refractivity contribution < 1.29 is 9.83 Å². The third-order valence-corrected chi connectivity index (χ3v) is 2.26. The standard InChI is InChI=1S/C12H10N4O3/c17-12(14-11-8-4-5-9-13-11)15(16(18)19)10-6-2-1-3-7-10/h1-9H,(H,13,14,17). The number of nitrogens with one attached hydrogen (secondary N) is 1. The highest BCUT2D eigenvalue weighted by molar-refractivity contribution is 5.99. The van der Waals surface area contributed by atoms with E-state index in [4.69, 9.17) is 0 Å². The second-order valence-electron chi connectivity index (χ2n) is 3.53. The summed E-state index contributed by atoms with van der Waals surface area (Å²) >= 11 is 0. The Hall–Kier alpha value is -2.96. The Bertz CT molecular complexity index is 574. The molecule has 0 fully saturated rings. The van der Waals surface area contributed by atoms with Gasteiger partial charge in [0, 0.05) is 6.20 Å². The van der Waals surface area contributed by atoms with Crippen LogP contribution in [0, 0.1) is 10.1 Å². The van der Waals surface area contributed by atoms with Crippen LogP contribution >= 0.6 is 0 Å². The molecule has 0 aliphatic carbocycles. The number of nitro groups is 1. The number of urea groups is 1. The first-order chi connectivity index (χ1) is 9.18. The van der Waals surface area contributed by atoms with E-state index in [1.54, 1.807) is 36.4 Å². The number of para-hydroxylation sites is 1. The molecule has 1 N–H and O–H groups in total. The highest BCUT2D eigenvalue weighted by Gasteiger charge is 2.26. The van der Waals surface area contributed by atoms with E-state index in [-0.39, 0.29) is 11.5 Å². The molecule has 19 heavy (non-hydrogen) atoms. The van der Waals surface area contributed by atoms with Gasteiger partial charge in [-0.3, -0.25) is 5.32 Å². The monoisotopic (exact) mass is 258 g/mol. The maximum absolute atomic E-state index is 11.9. The van der Waals surface area contributed by atoms with E-state index in [0.717, 1.165) is 0 Å². The SMILES string of the molecule is O=C(Nc1ccccn1)N(c1ccccc1)[N+](=O)[O-]. The topological polar surface area (TPSA) is 88.4 Å². The molecule has 0 saturated heterocycles. The molecule has 96 valence electrons. The first-order valence-corrected chi connectivity index (χ1v) is 5.40. The third-order valence-electron chi connectivity index (χ3n) is 2.26. The quantitative estimate of drug-likeness (QED) is 0.675. The molecule has 0 spiro atoms. The lowest BCUT2D eigenvalue weighted by atomic mass is 10.3.